The third kappa shape index (κ3) is 6.81. The van der Waals surface area contributed by atoms with Gasteiger partial charge in [-0.2, -0.15) is 0 Å². The molecule has 0 aliphatic carbocycles. The largest absolute Gasteiger partial charge is 0.462 e. The highest BCUT2D eigenvalue weighted by Crippen LogP contribution is 2.15. The van der Waals surface area contributed by atoms with E-state index in [0.29, 0.717) is 24.2 Å². The average molecular weight is 336 g/mol. The summed E-state index contributed by atoms with van der Waals surface area (Å²) in [7, 11) is 0. The van der Waals surface area contributed by atoms with Gasteiger partial charge in [0.2, 0.25) is 0 Å². The van der Waals surface area contributed by atoms with Gasteiger partial charge in [0.15, 0.2) is 0 Å². The molecule has 132 valence electrons. The summed E-state index contributed by atoms with van der Waals surface area (Å²) in [5.41, 5.74) is -0.262. The predicted octanol–water partition coefficient (Wildman–Crippen LogP) is 3.14. The van der Waals surface area contributed by atoms with Gasteiger partial charge in [0.05, 0.1) is 11.0 Å². The second-order valence-corrected chi connectivity index (χ2v) is 6.27. The summed E-state index contributed by atoms with van der Waals surface area (Å²) in [6.07, 6.45) is 1.06. The van der Waals surface area contributed by atoms with Crippen LogP contribution in [0.2, 0.25) is 0 Å². The van der Waals surface area contributed by atoms with E-state index in [-0.39, 0.29) is 25.2 Å². The minimum absolute atomic E-state index is 0.00849. The van der Waals surface area contributed by atoms with Gasteiger partial charge in [0.25, 0.3) is 0 Å². The smallest absolute Gasteiger partial charge is 0.338 e. The van der Waals surface area contributed by atoms with Gasteiger partial charge in [-0.25, -0.2) is 4.79 Å². The van der Waals surface area contributed by atoms with E-state index >= 15 is 0 Å². The van der Waals surface area contributed by atoms with Crippen molar-refractivity contribution in [3.05, 3.63) is 29.8 Å². The zero-order chi connectivity index (χ0) is 18.2. The molecule has 0 aromatic heterocycles. The SMILES string of the molecule is CCCC(=O)Oc1ccc(C(=O)OCCOC(=O)C(C)(C)C)cc1. The van der Waals surface area contributed by atoms with Gasteiger partial charge >= 0.3 is 17.9 Å². The Bertz CT molecular complexity index is 568. The molecule has 0 fully saturated rings. The molecule has 6 nitrogen and oxygen atoms in total. The van der Waals surface area contributed by atoms with Crippen LogP contribution in [0.25, 0.3) is 0 Å². The van der Waals surface area contributed by atoms with Gasteiger partial charge in [0, 0.05) is 6.42 Å². The van der Waals surface area contributed by atoms with Crippen LogP contribution in [0.1, 0.15) is 50.9 Å². The molecule has 24 heavy (non-hydrogen) atoms. The molecule has 0 spiro atoms. The van der Waals surface area contributed by atoms with E-state index in [2.05, 4.69) is 0 Å². The Morgan fingerprint density at radius 2 is 1.54 bits per heavy atom. The van der Waals surface area contributed by atoms with Crippen LogP contribution in [0.5, 0.6) is 5.75 Å². The normalized spacial score (nSPS) is 10.8. The zero-order valence-corrected chi connectivity index (χ0v) is 14.6. The van der Waals surface area contributed by atoms with Crippen LogP contribution in [-0.4, -0.2) is 31.1 Å². The van der Waals surface area contributed by atoms with Crippen molar-refractivity contribution in [1.29, 1.82) is 0 Å². The van der Waals surface area contributed by atoms with Crippen molar-refractivity contribution in [3.8, 4) is 5.75 Å². The van der Waals surface area contributed by atoms with E-state index in [9.17, 15) is 14.4 Å². The minimum Gasteiger partial charge on any atom is -0.462 e. The molecule has 1 rings (SSSR count). The monoisotopic (exact) mass is 336 g/mol. The number of esters is 3. The summed E-state index contributed by atoms with van der Waals surface area (Å²) >= 11 is 0. The highest BCUT2D eigenvalue weighted by Gasteiger charge is 2.22. The lowest BCUT2D eigenvalue weighted by atomic mass is 9.97. The Morgan fingerprint density at radius 3 is 2.08 bits per heavy atom. The molecule has 1 aromatic carbocycles. The number of benzene rings is 1. The fourth-order valence-corrected chi connectivity index (χ4v) is 1.61. The van der Waals surface area contributed by atoms with Crippen molar-refractivity contribution in [1.82, 2.24) is 0 Å². The fraction of sp³-hybridized carbons (Fsp3) is 0.500. The van der Waals surface area contributed by atoms with Crippen molar-refractivity contribution in [2.24, 2.45) is 5.41 Å². The van der Waals surface area contributed by atoms with Crippen LogP contribution in [0.15, 0.2) is 24.3 Å². The summed E-state index contributed by atoms with van der Waals surface area (Å²) in [6.45, 7) is 7.12. The summed E-state index contributed by atoms with van der Waals surface area (Å²) in [6, 6.07) is 6.09. The molecule has 0 heterocycles. The van der Waals surface area contributed by atoms with Crippen LogP contribution in [0.4, 0.5) is 0 Å². The third-order valence-corrected chi connectivity index (χ3v) is 2.94. The number of hydrogen-bond donors (Lipinski definition) is 0. The highest BCUT2D eigenvalue weighted by molar-refractivity contribution is 5.89. The first kappa shape index (κ1) is 19.7. The number of ether oxygens (including phenoxy) is 3. The summed E-state index contributed by atoms with van der Waals surface area (Å²) < 4.78 is 15.1. The Kier molecular flexibility index (Phi) is 7.42. The zero-order valence-electron chi connectivity index (χ0n) is 14.6. The number of hydrogen-bond acceptors (Lipinski definition) is 6. The highest BCUT2D eigenvalue weighted by atomic mass is 16.6. The molecular formula is C18H24O6. The molecule has 0 aliphatic heterocycles. The molecular weight excluding hydrogens is 312 g/mol. The van der Waals surface area contributed by atoms with Gasteiger partial charge in [0.1, 0.15) is 19.0 Å². The standard InChI is InChI=1S/C18H24O6/c1-5-6-15(19)24-14-9-7-13(8-10-14)16(20)22-11-12-23-17(21)18(2,3)4/h7-10H,5-6,11-12H2,1-4H3. The topological polar surface area (TPSA) is 78.9 Å². The van der Waals surface area contributed by atoms with E-state index < -0.39 is 11.4 Å². The van der Waals surface area contributed by atoms with Crippen molar-refractivity contribution in [2.45, 2.75) is 40.5 Å². The van der Waals surface area contributed by atoms with Crippen molar-refractivity contribution < 1.29 is 28.6 Å². The maximum Gasteiger partial charge on any atom is 0.338 e. The van der Waals surface area contributed by atoms with E-state index in [1.165, 1.54) is 24.3 Å². The van der Waals surface area contributed by atoms with Crippen molar-refractivity contribution in [2.75, 3.05) is 13.2 Å². The van der Waals surface area contributed by atoms with Gasteiger partial charge in [-0.15, -0.1) is 0 Å². The Hall–Kier alpha value is -2.37. The molecule has 0 unspecified atom stereocenters. The Morgan fingerprint density at radius 1 is 0.958 bits per heavy atom. The van der Waals surface area contributed by atoms with Gasteiger partial charge < -0.3 is 14.2 Å². The van der Waals surface area contributed by atoms with Gasteiger partial charge in [-0.3, -0.25) is 9.59 Å². The van der Waals surface area contributed by atoms with Gasteiger partial charge in [-0.1, -0.05) is 6.92 Å². The van der Waals surface area contributed by atoms with E-state index in [0.717, 1.165) is 0 Å². The number of rotatable bonds is 7. The molecule has 0 saturated carbocycles. The first-order valence-electron chi connectivity index (χ1n) is 7.89. The molecule has 0 bridgehead atoms. The second kappa shape index (κ2) is 9.05. The molecule has 0 saturated heterocycles. The Balaban J connectivity index is 2.40. The summed E-state index contributed by atoms with van der Waals surface area (Å²) in [5.74, 6) is -0.817. The van der Waals surface area contributed by atoms with Crippen molar-refractivity contribution in [3.63, 3.8) is 0 Å². The molecule has 0 atom stereocenters. The van der Waals surface area contributed by atoms with Crippen LogP contribution >= 0.6 is 0 Å². The molecule has 0 N–H and O–H groups in total. The quantitative estimate of drug-likeness (QED) is 0.432. The second-order valence-electron chi connectivity index (χ2n) is 6.27. The molecule has 6 heteroatoms. The Labute approximate surface area is 142 Å². The van der Waals surface area contributed by atoms with Crippen LogP contribution in [0.3, 0.4) is 0 Å². The molecule has 1 aromatic rings. The van der Waals surface area contributed by atoms with E-state index in [1.807, 2.05) is 6.92 Å². The van der Waals surface area contributed by atoms with Crippen LogP contribution in [0, 0.1) is 5.41 Å². The molecule has 0 amide bonds. The minimum atomic E-state index is -0.588. The number of carbonyl (C=O) groups is 3. The lowest BCUT2D eigenvalue weighted by molar-refractivity contribution is -0.154. The van der Waals surface area contributed by atoms with Gasteiger partial charge in [-0.05, 0) is 51.5 Å². The first-order valence-corrected chi connectivity index (χ1v) is 7.89. The first-order chi connectivity index (χ1) is 11.2. The maximum absolute atomic E-state index is 11.9. The van der Waals surface area contributed by atoms with Crippen LogP contribution in [-0.2, 0) is 19.1 Å². The predicted molar refractivity (Wildman–Crippen MR) is 87.7 cm³/mol. The average Bonchev–Trinajstić information content (AvgIpc) is 2.51. The summed E-state index contributed by atoms with van der Waals surface area (Å²) in [5, 5.41) is 0. The van der Waals surface area contributed by atoms with Crippen molar-refractivity contribution >= 4 is 17.9 Å². The third-order valence-electron chi connectivity index (χ3n) is 2.94. The lowest BCUT2D eigenvalue weighted by Gasteiger charge is -2.16. The fourth-order valence-electron chi connectivity index (χ4n) is 1.61. The number of carbonyl (C=O) groups excluding carboxylic acids is 3. The summed E-state index contributed by atoms with van der Waals surface area (Å²) in [4.78, 5) is 34.8. The van der Waals surface area contributed by atoms with E-state index in [1.54, 1.807) is 20.8 Å². The molecule has 0 radical (unpaired) electrons. The van der Waals surface area contributed by atoms with Crippen LogP contribution < -0.4 is 4.74 Å². The van der Waals surface area contributed by atoms with E-state index in [4.69, 9.17) is 14.2 Å². The lowest BCUT2D eigenvalue weighted by Crippen LogP contribution is -2.24. The molecule has 0 aliphatic rings. The maximum atomic E-state index is 11.9.